The molecule has 236 valence electrons. The molecule has 44 heavy (non-hydrogen) atoms. The number of methoxy groups -OCH3 is 1. The van der Waals surface area contributed by atoms with Gasteiger partial charge in [-0.15, -0.1) is 0 Å². The first-order chi connectivity index (χ1) is 20.8. The summed E-state index contributed by atoms with van der Waals surface area (Å²) in [5, 5.41) is 8.29. The highest BCUT2D eigenvalue weighted by atomic mass is 35.5. The molecule has 3 rings (SSSR count). The lowest BCUT2D eigenvalue weighted by atomic mass is 9.98. The van der Waals surface area contributed by atoms with Gasteiger partial charge in [-0.2, -0.15) is 13.2 Å². The molecule has 0 saturated carbocycles. The summed E-state index contributed by atoms with van der Waals surface area (Å²) in [6, 6.07) is 14.6. The first kappa shape index (κ1) is 34.4. The Kier molecular flexibility index (Phi) is 12.6. The average molecular weight is 633 g/mol. The van der Waals surface area contributed by atoms with E-state index >= 15 is 0 Å². The second-order valence-electron chi connectivity index (χ2n) is 10.7. The van der Waals surface area contributed by atoms with Crippen molar-refractivity contribution in [2.45, 2.75) is 63.8 Å². The van der Waals surface area contributed by atoms with Crippen LogP contribution < -0.4 is 20.7 Å². The number of amides is 3. The number of hydrogen-bond donors (Lipinski definition) is 3. The van der Waals surface area contributed by atoms with E-state index < -0.39 is 54.4 Å². The van der Waals surface area contributed by atoms with Crippen LogP contribution in [-0.2, 0) is 27.2 Å². The fraction of sp³-hybridized carbons (Fsp3) is 0.375. The predicted molar refractivity (Wildman–Crippen MR) is 161 cm³/mol. The molecule has 2 aromatic carbocycles. The maximum absolute atomic E-state index is 13.7. The molecule has 3 amide bonds. The molecular formula is C32H36ClF3N4O4. The van der Waals surface area contributed by atoms with Crippen molar-refractivity contribution >= 4 is 29.3 Å². The van der Waals surface area contributed by atoms with Crippen LogP contribution in [0.1, 0.15) is 49.6 Å². The molecule has 0 aliphatic carbocycles. The molecule has 0 aliphatic heterocycles. The zero-order valence-corrected chi connectivity index (χ0v) is 25.4. The van der Waals surface area contributed by atoms with Crippen molar-refractivity contribution in [2.75, 3.05) is 7.11 Å². The molecule has 1 aromatic heterocycles. The monoisotopic (exact) mass is 632 g/mol. The van der Waals surface area contributed by atoms with Crippen molar-refractivity contribution in [2.24, 2.45) is 5.92 Å². The van der Waals surface area contributed by atoms with Crippen LogP contribution in [0.2, 0.25) is 5.02 Å². The van der Waals surface area contributed by atoms with Crippen LogP contribution in [0.15, 0.2) is 72.9 Å². The second-order valence-corrected chi connectivity index (χ2v) is 11.1. The van der Waals surface area contributed by atoms with Gasteiger partial charge in [0.25, 0.3) is 0 Å². The number of halogens is 4. The van der Waals surface area contributed by atoms with E-state index in [1.807, 2.05) is 0 Å². The Morgan fingerprint density at radius 3 is 2.25 bits per heavy atom. The molecule has 0 saturated heterocycles. The average Bonchev–Trinajstić information content (AvgIpc) is 2.98. The van der Waals surface area contributed by atoms with Crippen LogP contribution in [-0.4, -0.2) is 48.1 Å². The number of ether oxygens (including phenoxy) is 1. The minimum atomic E-state index is -4.51. The van der Waals surface area contributed by atoms with Gasteiger partial charge in [0.1, 0.15) is 17.8 Å². The van der Waals surface area contributed by atoms with Gasteiger partial charge in [0.2, 0.25) is 17.7 Å². The number of carbonyl (C=O) groups excluding carboxylic acids is 3. The predicted octanol–water partition coefficient (Wildman–Crippen LogP) is 5.35. The topological polar surface area (TPSA) is 109 Å². The van der Waals surface area contributed by atoms with Gasteiger partial charge in [0.15, 0.2) is 0 Å². The number of hydrogen-bond acceptors (Lipinski definition) is 5. The fourth-order valence-corrected chi connectivity index (χ4v) is 4.68. The summed E-state index contributed by atoms with van der Waals surface area (Å²) in [6.07, 6.45) is -3.70. The van der Waals surface area contributed by atoms with Gasteiger partial charge in [0, 0.05) is 35.8 Å². The van der Waals surface area contributed by atoms with Crippen molar-refractivity contribution in [3.8, 4) is 5.75 Å². The zero-order valence-electron chi connectivity index (χ0n) is 24.7. The highest BCUT2D eigenvalue weighted by molar-refractivity contribution is 6.30. The van der Waals surface area contributed by atoms with E-state index in [2.05, 4.69) is 20.9 Å². The molecule has 0 aliphatic rings. The third kappa shape index (κ3) is 11.2. The van der Waals surface area contributed by atoms with Crippen LogP contribution in [0.25, 0.3) is 0 Å². The maximum atomic E-state index is 13.7. The number of alkyl halides is 3. The summed E-state index contributed by atoms with van der Waals surface area (Å²) < 4.78 is 45.0. The summed E-state index contributed by atoms with van der Waals surface area (Å²) >= 11 is 6.14. The number of benzene rings is 2. The van der Waals surface area contributed by atoms with E-state index in [0.29, 0.717) is 34.0 Å². The minimum Gasteiger partial charge on any atom is -0.497 e. The summed E-state index contributed by atoms with van der Waals surface area (Å²) in [4.78, 5) is 44.4. The van der Waals surface area contributed by atoms with Gasteiger partial charge in [-0.3, -0.25) is 19.4 Å². The van der Waals surface area contributed by atoms with Crippen molar-refractivity contribution < 1.29 is 32.3 Å². The van der Waals surface area contributed by atoms with E-state index in [9.17, 15) is 27.6 Å². The van der Waals surface area contributed by atoms with E-state index in [-0.39, 0.29) is 12.8 Å². The smallest absolute Gasteiger partial charge is 0.391 e. The lowest BCUT2D eigenvalue weighted by Gasteiger charge is -2.28. The van der Waals surface area contributed by atoms with Crippen LogP contribution in [0.3, 0.4) is 0 Å². The van der Waals surface area contributed by atoms with E-state index in [4.69, 9.17) is 16.3 Å². The second kappa shape index (κ2) is 16.1. The van der Waals surface area contributed by atoms with E-state index in [1.54, 1.807) is 74.6 Å². The Balaban J connectivity index is 1.87. The molecule has 0 bridgehead atoms. The van der Waals surface area contributed by atoms with Crippen molar-refractivity contribution in [1.82, 2.24) is 20.9 Å². The van der Waals surface area contributed by atoms with Crippen molar-refractivity contribution in [3.05, 3.63) is 94.8 Å². The number of aromatic nitrogens is 1. The largest absolute Gasteiger partial charge is 0.497 e. The summed E-state index contributed by atoms with van der Waals surface area (Å²) in [5.74, 6) is -2.01. The van der Waals surface area contributed by atoms with Crippen LogP contribution in [0.5, 0.6) is 5.75 Å². The lowest BCUT2D eigenvalue weighted by molar-refractivity contribution is -0.146. The number of pyridine rings is 1. The molecular weight excluding hydrogens is 597 g/mol. The highest BCUT2D eigenvalue weighted by Crippen LogP contribution is 2.26. The number of nitrogens with zero attached hydrogens (tertiary/aromatic N) is 1. The Labute approximate surface area is 259 Å². The standard InChI is InChI=1S/C32H36ClF3N4O4/c1-20(2)27(19-32(34,35)36)39-31(43)29(22-10-13-25(44-3)14-11-22)40-30(42)26(18-21-7-6-8-23(33)17-21)38-28(41)15-12-24-9-4-5-16-37-24/h4-11,13-14,16-17,20,26-27,29H,12,15,18-19H2,1-3H3,(H,38,41)(H,39,43)(H,40,42)/t26?,27-,29?/m1/s1. The number of rotatable bonds is 14. The molecule has 3 N–H and O–H groups in total. The maximum Gasteiger partial charge on any atom is 0.391 e. The molecule has 1 heterocycles. The third-order valence-electron chi connectivity index (χ3n) is 6.90. The molecule has 3 aromatic rings. The van der Waals surface area contributed by atoms with Gasteiger partial charge in [-0.05, 0) is 59.9 Å². The van der Waals surface area contributed by atoms with Gasteiger partial charge in [-0.1, -0.05) is 55.8 Å². The summed E-state index contributed by atoms with van der Waals surface area (Å²) in [7, 11) is 1.46. The normalized spacial score (nSPS) is 13.5. The third-order valence-corrected chi connectivity index (χ3v) is 7.13. The van der Waals surface area contributed by atoms with Gasteiger partial charge >= 0.3 is 6.18 Å². The summed E-state index contributed by atoms with van der Waals surface area (Å²) in [6.45, 7) is 3.14. The number of nitrogens with one attached hydrogen (secondary N) is 3. The molecule has 12 heteroatoms. The first-order valence-electron chi connectivity index (χ1n) is 14.1. The van der Waals surface area contributed by atoms with Crippen molar-refractivity contribution in [3.63, 3.8) is 0 Å². The van der Waals surface area contributed by atoms with E-state index in [0.717, 1.165) is 0 Å². The fourth-order valence-electron chi connectivity index (χ4n) is 4.47. The molecule has 2 unspecified atom stereocenters. The molecule has 0 fully saturated rings. The van der Waals surface area contributed by atoms with Gasteiger partial charge < -0.3 is 20.7 Å². The van der Waals surface area contributed by atoms with Gasteiger partial charge in [-0.25, -0.2) is 0 Å². The van der Waals surface area contributed by atoms with Gasteiger partial charge in [0.05, 0.1) is 13.5 Å². The Morgan fingerprint density at radius 2 is 1.66 bits per heavy atom. The molecule has 3 atom stereocenters. The van der Waals surface area contributed by atoms with Crippen LogP contribution in [0.4, 0.5) is 13.2 Å². The van der Waals surface area contributed by atoms with Crippen molar-refractivity contribution in [1.29, 1.82) is 0 Å². The zero-order chi connectivity index (χ0) is 32.3. The number of aryl methyl sites for hydroxylation is 1. The molecule has 0 spiro atoms. The highest BCUT2D eigenvalue weighted by Gasteiger charge is 2.36. The number of carbonyl (C=O) groups is 3. The summed E-state index contributed by atoms with van der Waals surface area (Å²) in [5.41, 5.74) is 1.67. The van der Waals surface area contributed by atoms with E-state index in [1.165, 1.54) is 19.2 Å². The first-order valence-corrected chi connectivity index (χ1v) is 14.5. The minimum absolute atomic E-state index is 0.0430. The SMILES string of the molecule is COc1ccc(C(NC(=O)C(Cc2cccc(Cl)c2)NC(=O)CCc2ccccn2)C(=O)N[C@H](CC(F)(F)F)C(C)C)cc1. The van der Waals surface area contributed by atoms with Crippen LogP contribution in [0, 0.1) is 5.92 Å². The quantitative estimate of drug-likeness (QED) is 0.222. The molecule has 0 radical (unpaired) electrons. The van der Waals surface area contributed by atoms with Crippen LogP contribution >= 0.6 is 11.6 Å². The Bertz CT molecular complexity index is 1390. The Hall–Kier alpha value is -4.12. The lowest BCUT2D eigenvalue weighted by Crippen LogP contribution is -2.52. The Morgan fingerprint density at radius 1 is 0.932 bits per heavy atom. The molecule has 8 nitrogen and oxygen atoms in total.